The fourth-order valence-corrected chi connectivity index (χ4v) is 2.00. The number of hydrogen-bond donors (Lipinski definition) is 0. The van der Waals surface area contributed by atoms with Gasteiger partial charge in [0.1, 0.15) is 12.4 Å². The molecule has 0 aliphatic rings. The first kappa shape index (κ1) is 11.9. The van der Waals surface area contributed by atoms with Crippen molar-refractivity contribution < 1.29 is 4.74 Å². The summed E-state index contributed by atoms with van der Waals surface area (Å²) in [6.45, 7) is 0.482. The molecule has 0 amide bonds. The highest BCUT2D eigenvalue weighted by atomic mass is 127. The van der Waals surface area contributed by atoms with Gasteiger partial charge in [-0.25, -0.2) is 0 Å². The van der Waals surface area contributed by atoms with Crippen molar-refractivity contribution in [2.45, 2.75) is 6.61 Å². The normalized spacial score (nSPS) is 9.65. The van der Waals surface area contributed by atoms with Crippen LogP contribution in [0.5, 0.6) is 5.75 Å². The lowest BCUT2D eigenvalue weighted by atomic mass is 10.1. The van der Waals surface area contributed by atoms with Crippen LogP contribution in [0.15, 0.2) is 48.5 Å². The van der Waals surface area contributed by atoms with E-state index in [0.29, 0.717) is 12.2 Å². The van der Waals surface area contributed by atoms with Crippen LogP contribution in [0.2, 0.25) is 0 Å². The number of nitrogens with zero attached hydrogens (tertiary/aromatic N) is 1. The predicted octanol–water partition coefficient (Wildman–Crippen LogP) is 3.74. The monoisotopic (exact) mass is 335 g/mol. The van der Waals surface area contributed by atoms with E-state index in [1.165, 1.54) is 0 Å². The molecule has 0 heterocycles. The van der Waals surface area contributed by atoms with Gasteiger partial charge in [-0.15, -0.1) is 0 Å². The third kappa shape index (κ3) is 3.21. The van der Waals surface area contributed by atoms with E-state index in [1.807, 2.05) is 42.5 Å². The Balaban J connectivity index is 2.08. The van der Waals surface area contributed by atoms with Gasteiger partial charge in [0.05, 0.1) is 15.2 Å². The van der Waals surface area contributed by atoms with Gasteiger partial charge < -0.3 is 4.74 Å². The van der Waals surface area contributed by atoms with Crippen LogP contribution in [0.4, 0.5) is 0 Å². The average Bonchev–Trinajstić information content (AvgIpc) is 2.38. The predicted molar refractivity (Wildman–Crippen MR) is 74.6 cm³/mol. The maximum Gasteiger partial charge on any atom is 0.133 e. The van der Waals surface area contributed by atoms with Crippen molar-refractivity contribution in [3.63, 3.8) is 0 Å². The van der Waals surface area contributed by atoms with Gasteiger partial charge in [-0.1, -0.05) is 24.3 Å². The van der Waals surface area contributed by atoms with E-state index < -0.39 is 0 Å². The lowest BCUT2D eigenvalue weighted by Gasteiger charge is -2.07. The number of halogens is 1. The fourth-order valence-electron chi connectivity index (χ4n) is 1.45. The molecule has 2 nitrogen and oxygen atoms in total. The molecule has 0 saturated carbocycles. The van der Waals surface area contributed by atoms with Crippen molar-refractivity contribution in [1.29, 1.82) is 5.26 Å². The highest BCUT2D eigenvalue weighted by Crippen LogP contribution is 2.20. The van der Waals surface area contributed by atoms with Gasteiger partial charge >= 0.3 is 0 Å². The SMILES string of the molecule is N#Cc1cccc(COc2ccccc2I)c1. The summed E-state index contributed by atoms with van der Waals surface area (Å²) in [5, 5.41) is 8.80. The third-order valence-corrected chi connectivity index (χ3v) is 3.18. The molecule has 0 radical (unpaired) electrons. The summed E-state index contributed by atoms with van der Waals surface area (Å²) in [6.07, 6.45) is 0. The molecule has 0 fully saturated rings. The number of benzene rings is 2. The van der Waals surface area contributed by atoms with Gasteiger partial charge in [-0.05, 0) is 52.4 Å². The largest absolute Gasteiger partial charge is 0.488 e. The molecule has 2 rings (SSSR count). The minimum absolute atomic E-state index is 0.482. The maximum atomic E-state index is 8.80. The molecule has 0 spiro atoms. The molecule has 0 aliphatic carbocycles. The van der Waals surface area contributed by atoms with E-state index in [0.717, 1.165) is 14.9 Å². The standard InChI is InChI=1S/C14H10INO/c15-13-6-1-2-7-14(13)17-10-12-5-3-4-11(8-12)9-16/h1-8H,10H2. The van der Waals surface area contributed by atoms with E-state index in [4.69, 9.17) is 10.00 Å². The van der Waals surface area contributed by atoms with Gasteiger partial charge in [0.25, 0.3) is 0 Å². The van der Waals surface area contributed by atoms with E-state index >= 15 is 0 Å². The Bertz CT molecular complexity index is 560. The van der Waals surface area contributed by atoms with Crippen LogP contribution in [-0.4, -0.2) is 0 Å². The summed E-state index contributed by atoms with van der Waals surface area (Å²) in [7, 11) is 0. The highest BCUT2D eigenvalue weighted by molar-refractivity contribution is 14.1. The van der Waals surface area contributed by atoms with Gasteiger partial charge in [0.2, 0.25) is 0 Å². The summed E-state index contributed by atoms with van der Waals surface area (Å²) in [4.78, 5) is 0. The van der Waals surface area contributed by atoms with Crippen molar-refractivity contribution >= 4 is 22.6 Å². The van der Waals surface area contributed by atoms with Gasteiger partial charge in [0, 0.05) is 0 Å². The number of hydrogen-bond acceptors (Lipinski definition) is 2. The minimum Gasteiger partial charge on any atom is -0.488 e. The molecule has 0 aromatic heterocycles. The maximum absolute atomic E-state index is 8.80. The van der Waals surface area contributed by atoms with Gasteiger partial charge in [-0.2, -0.15) is 5.26 Å². The molecular weight excluding hydrogens is 325 g/mol. The lowest BCUT2D eigenvalue weighted by molar-refractivity contribution is 0.304. The van der Waals surface area contributed by atoms with E-state index in [-0.39, 0.29) is 0 Å². The summed E-state index contributed by atoms with van der Waals surface area (Å²) < 4.78 is 6.79. The second kappa shape index (κ2) is 5.69. The van der Waals surface area contributed by atoms with Crippen LogP contribution in [0.3, 0.4) is 0 Å². The van der Waals surface area contributed by atoms with Crippen molar-refractivity contribution in [1.82, 2.24) is 0 Å². The lowest BCUT2D eigenvalue weighted by Crippen LogP contribution is -1.97. The summed E-state index contributed by atoms with van der Waals surface area (Å²) in [6, 6.07) is 17.4. The zero-order valence-electron chi connectivity index (χ0n) is 9.06. The van der Waals surface area contributed by atoms with E-state index in [9.17, 15) is 0 Å². The number of rotatable bonds is 3. The highest BCUT2D eigenvalue weighted by Gasteiger charge is 2.00. The quantitative estimate of drug-likeness (QED) is 0.801. The van der Waals surface area contributed by atoms with Crippen molar-refractivity contribution in [3.05, 3.63) is 63.2 Å². The molecule has 3 heteroatoms. The van der Waals surface area contributed by atoms with Crippen molar-refractivity contribution in [3.8, 4) is 11.8 Å². The molecule has 0 atom stereocenters. The van der Waals surface area contributed by atoms with Crippen LogP contribution in [-0.2, 0) is 6.61 Å². The third-order valence-electron chi connectivity index (χ3n) is 2.29. The molecule has 84 valence electrons. The van der Waals surface area contributed by atoms with Crippen LogP contribution >= 0.6 is 22.6 Å². The number of nitriles is 1. The van der Waals surface area contributed by atoms with Crippen LogP contribution < -0.4 is 4.74 Å². The van der Waals surface area contributed by atoms with Crippen molar-refractivity contribution in [2.24, 2.45) is 0 Å². The fraction of sp³-hybridized carbons (Fsp3) is 0.0714. The van der Waals surface area contributed by atoms with Gasteiger partial charge in [0.15, 0.2) is 0 Å². The first-order chi connectivity index (χ1) is 8.29. The number of ether oxygens (including phenoxy) is 1. The second-order valence-corrected chi connectivity index (χ2v) is 4.69. The van der Waals surface area contributed by atoms with Crippen molar-refractivity contribution in [2.75, 3.05) is 0 Å². The van der Waals surface area contributed by atoms with Crippen LogP contribution in [0.25, 0.3) is 0 Å². The molecule has 0 saturated heterocycles. The zero-order chi connectivity index (χ0) is 12.1. The molecule has 0 bridgehead atoms. The van der Waals surface area contributed by atoms with Crippen LogP contribution in [0, 0.1) is 14.9 Å². The van der Waals surface area contributed by atoms with E-state index in [2.05, 4.69) is 28.7 Å². The molecular formula is C14H10INO. The molecule has 2 aromatic carbocycles. The van der Waals surface area contributed by atoms with Crippen LogP contribution in [0.1, 0.15) is 11.1 Å². The topological polar surface area (TPSA) is 33.0 Å². The Kier molecular flexibility index (Phi) is 3.99. The molecule has 0 aliphatic heterocycles. The Morgan fingerprint density at radius 1 is 1.12 bits per heavy atom. The first-order valence-electron chi connectivity index (χ1n) is 5.16. The molecule has 0 unspecified atom stereocenters. The minimum atomic E-state index is 0.482. The summed E-state index contributed by atoms with van der Waals surface area (Å²) >= 11 is 2.24. The Morgan fingerprint density at radius 2 is 1.94 bits per heavy atom. The zero-order valence-corrected chi connectivity index (χ0v) is 11.2. The second-order valence-electron chi connectivity index (χ2n) is 3.53. The summed E-state index contributed by atoms with van der Waals surface area (Å²) in [5.74, 6) is 0.871. The summed E-state index contributed by atoms with van der Waals surface area (Å²) in [5.41, 5.74) is 1.66. The van der Waals surface area contributed by atoms with Gasteiger partial charge in [-0.3, -0.25) is 0 Å². The molecule has 2 aromatic rings. The van der Waals surface area contributed by atoms with E-state index in [1.54, 1.807) is 6.07 Å². The molecule has 0 N–H and O–H groups in total. The molecule has 17 heavy (non-hydrogen) atoms. The Labute approximate surface area is 114 Å². The first-order valence-corrected chi connectivity index (χ1v) is 6.24. The average molecular weight is 335 g/mol. The number of para-hydroxylation sites is 1. The smallest absolute Gasteiger partial charge is 0.133 e. The Morgan fingerprint density at radius 3 is 2.71 bits per heavy atom. The Hall–Kier alpha value is -1.54.